The van der Waals surface area contributed by atoms with Gasteiger partial charge in [0.25, 0.3) is 0 Å². The summed E-state index contributed by atoms with van der Waals surface area (Å²) in [5.41, 5.74) is 2.83. The second-order valence-electron chi connectivity index (χ2n) is 10.5. The molecule has 1 N–H and O–H groups in total. The second-order valence-corrected chi connectivity index (χ2v) is 10.5. The maximum Gasteiger partial charge on any atom is 0.174 e. The molecule has 32 heavy (non-hydrogen) atoms. The third-order valence-corrected chi connectivity index (χ3v) is 8.96. The van der Waals surface area contributed by atoms with Gasteiger partial charge in [-0.1, -0.05) is 24.3 Å². The number of hydrogen-bond donors (Lipinski definition) is 1. The van der Waals surface area contributed by atoms with Gasteiger partial charge in [-0.05, 0) is 67.8 Å². The molecule has 2 aliphatic heterocycles. The van der Waals surface area contributed by atoms with E-state index in [1.54, 1.807) is 7.11 Å². The first-order valence-corrected chi connectivity index (χ1v) is 12.0. The summed E-state index contributed by atoms with van der Waals surface area (Å²) in [6.45, 7) is 2.01. The number of benzene rings is 2. The summed E-state index contributed by atoms with van der Waals surface area (Å²) in [4.78, 5) is 15.7. The van der Waals surface area contributed by atoms with Crippen molar-refractivity contribution in [3.8, 4) is 22.6 Å². The minimum absolute atomic E-state index is 0.0668. The Labute approximate surface area is 188 Å². The van der Waals surface area contributed by atoms with Crippen molar-refractivity contribution in [1.82, 2.24) is 4.90 Å². The van der Waals surface area contributed by atoms with Crippen LogP contribution in [0.5, 0.6) is 11.5 Å². The molecule has 3 aliphatic carbocycles. The summed E-state index contributed by atoms with van der Waals surface area (Å²) in [7, 11) is 1.67. The highest BCUT2D eigenvalue weighted by molar-refractivity contribution is 5.91. The molecule has 3 fully saturated rings. The fraction of sp³-hybridized carbons (Fsp3) is 0.519. The lowest BCUT2D eigenvalue weighted by atomic mass is 9.49. The van der Waals surface area contributed by atoms with E-state index in [0.717, 1.165) is 60.0 Å². The summed E-state index contributed by atoms with van der Waals surface area (Å²) >= 11 is 0. The van der Waals surface area contributed by atoms with Crippen molar-refractivity contribution in [2.45, 2.75) is 61.7 Å². The average molecular weight is 432 g/mol. The number of methoxy groups -OCH3 is 1. The fourth-order valence-corrected chi connectivity index (χ4v) is 7.30. The topological polar surface area (TPSA) is 59.0 Å². The fourth-order valence-electron chi connectivity index (χ4n) is 7.30. The molecule has 0 radical (unpaired) electrons. The number of Topliss-reactive ketones (excluding diaryl/α,β-unsaturated/α-hetero) is 1. The van der Waals surface area contributed by atoms with Crippen LogP contribution < -0.4 is 9.47 Å². The smallest absolute Gasteiger partial charge is 0.174 e. The number of likely N-dealkylation sites (tertiary alicyclic amines) is 1. The maximum absolute atomic E-state index is 13.2. The number of aliphatic hydroxyl groups is 1. The van der Waals surface area contributed by atoms with Gasteiger partial charge in [-0.25, -0.2) is 0 Å². The van der Waals surface area contributed by atoms with E-state index in [1.807, 2.05) is 18.2 Å². The Balaban J connectivity index is 1.43. The first-order chi connectivity index (χ1) is 15.5. The van der Waals surface area contributed by atoms with Crippen molar-refractivity contribution in [1.29, 1.82) is 0 Å². The first-order valence-electron chi connectivity index (χ1n) is 12.0. The van der Waals surface area contributed by atoms with Crippen LogP contribution in [0, 0.1) is 5.92 Å². The Morgan fingerprint density at radius 1 is 1.22 bits per heavy atom. The molecule has 5 nitrogen and oxygen atoms in total. The Morgan fingerprint density at radius 3 is 2.91 bits per heavy atom. The van der Waals surface area contributed by atoms with Crippen molar-refractivity contribution >= 4 is 5.78 Å². The van der Waals surface area contributed by atoms with E-state index in [1.165, 1.54) is 18.4 Å². The van der Waals surface area contributed by atoms with Gasteiger partial charge in [0, 0.05) is 30.1 Å². The highest BCUT2D eigenvalue weighted by atomic mass is 16.5. The molecule has 0 unspecified atom stereocenters. The number of hydrogen-bond acceptors (Lipinski definition) is 5. The molecular weight excluding hydrogens is 402 g/mol. The number of piperidine rings is 1. The molecule has 7 rings (SSSR count). The van der Waals surface area contributed by atoms with E-state index in [4.69, 9.17) is 9.47 Å². The third kappa shape index (κ3) is 2.28. The minimum Gasteiger partial charge on any atom is -0.497 e. The van der Waals surface area contributed by atoms with Crippen LogP contribution in [-0.4, -0.2) is 53.7 Å². The lowest BCUT2D eigenvalue weighted by Crippen LogP contribution is -2.76. The molecule has 2 heterocycles. The zero-order valence-corrected chi connectivity index (χ0v) is 18.5. The number of rotatable bonds is 4. The summed E-state index contributed by atoms with van der Waals surface area (Å²) in [5, 5.41) is 12.4. The van der Waals surface area contributed by atoms with Gasteiger partial charge in [0.05, 0.1) is 18.1 Å². The van der Waals surface area contributed by atoms with Gasteiger partial charge >= 0.3 is 0 Å². The standard InChI is InChI=1S/C27H29NO4/c1-31-19-4-2-3-17(13-19)20-8-7-18-14-22-27(30)10-9-21(29)25-26(27,23(18)24(20)32-25)11-12-28(22)15-16-5-6-16/h2-4,7-8,13,16,22,25,30H,5-6,9-12,14-15H2,1H3/t22-,25+,26+,27-/m1/s1. The van der Waals surface area contributed by atoms with Crippen molar-refractivity contribution in [3.63, 3.8) is 0 Å². The molecule has 1 saturated heterocycles. The first kappa shape index (κ1) is 19.1. The van der Waals surface area contributed by atoms with Crippen molar-refractivity contribution in [2.75, 3.05) is 20.2 Å². The predicted octanol–water partition coefficient (Wildman–Crippen LogP) is 3.50. The highest BCUT2D eigenvalue weighted by Gasteiger charge is 2.73. The van der Waals surface area contributed by atoms with Crippen molar-refractivity contribution in [3.05, 3.63) is 47.5 Å². The molecular formula is C27H29NO4. The van der Waals surface area contributed by atoms with Crippen LogP contribution in [0.2, 0.25) is 0 Å². The maximum atomic E-state index is 13.2. The summed E-state index contributed by atoms with van der Waals surface area (Å²) < 4.78 is 12.0. The van der Waals surface area contributed by atoms with Crippen LogP contribution in [0.25, 0.3) is 11.1 Å². The minimum atomic E-state index is -0.913. The molecule has 4 atom stereocenters. The summed E-state index contributed by atoms with van der Waals surface area (Å²) in [6, 6.07) is 12.4. The van der Waals surface area contributed by atoms with Gasteiger partial charge in [-0.3, -0.25) is 9.69 Å². The van der Waals surface area contributed by atoms with Crippen LogP contribution >= 0.6 is 0 Å². The van der Waals surface area contributed by atoms with Gasteiger partial charge in [0.2, 0.25) is 0 Å². The predicted molar refractivity (Wildman–Crippen MR) is 120 cm³/mol. The quantitative estimate of drug-likeness (QED) is 0.803. The monoisotopic (exact) mass is 431 g/mol. The van der Waals surface area contributed by atoms with Gasteiger partial charge in [0.15, 0.2) is 11.9 Å². The normalized spacial score (nSPS) is 34.8. The molecule has 0 amide bonds. The largest absolute Gasteiger partial charge is 0.497 e. The van der Waals surface area contributed by atoms with Gasteiger partial charge < -0.3 is 14.6 Å². The van der Waals surface area contributed by atoms with Crippen LogP contribution in [0.15, 0.2) is 36.4 Å². The zero-order valence-electron chi connectivity index (χ0n) is 18.5. The van der Waals surface area contributed by atoms with E-state index in [2.05, 4.69) is 23.1 Å². The molecule has 166 valence electrons. The number of ether oxygens (including phenoxy) is 2. The van der Waals surface area contributed by atoms with Crippen molar-refractivity contribution < 1.29 is 19.4 Å². The van der Waals surface area contributed by atoms with Gasteiger partial charge in [0.1, 0.15) is 11.5 Å². The second kappa shape index (κ2) is 6.36. The highest BCUT2D eigenvalue weighted by Crippen LogP contribution is 2.64. The average Bonchev–Trinajstić information content (AvgIpc) is 3.55. The molecule has 1 spiro atoms. The molecule has 5 aliphatic rings. The van der Waals surface area contributed by atoms with E-state index < -0.39 is 17.1 Å². The Bertz CT molecular complexity index is 1140. The third-order valence-electron chi connectivity index (χ3n) is 8.96. The van der Waals surface area contributed by atoms with Crippen LogP contribution in [0.4, 0.5) is 0 Å². The Kier molecular flexibility index (Phi) is 3.80. The number of ketones is 1. The van der Waals surface area contributed by atoms with E-state index >= 15 is 0 Å². The summed E-state index contributed by atoms with van der Waals surface area (Å²) in [6.07, 6.45) is 4.59. The lowest BCUT2D eigenvalue weighted by Gasteiger charge is -2.62. The molecule has 5 heteroatoms. The Hall–Kier alpha value is -2.37. The molecule has 2 aromatic rings. The van der Waals surface area contributed by atoms with Crippen LogP contribution in [0.1, 0.15) is 43.2 Å². The zero-order chi connectivity index (χ0) is 21.7. The van der Waals surface area contributed by atoms with Gasteiger partial charge in [-0.15, -0.1) is 0 Å². The number of carbonyl (C=O) groups is 1. The Morgan fingerprint density at radius 2 is 2.09 bits per heavy atom. The van der Waals surface area contributed by atoms with Crippen LogP contribution in [0.3, 0.4) is 0 Å². The van der Waals surface area contributed by atoms with Gasteiger partial charge in [-0.2, -0.15) is 0 Å². The van der Waals surface area contributed by atoms with Crippen molar-refractivity contribution in [2.24, 2.45) is 5.92 Å². The molecule has 2 bridgehead atoms. The lowest BCUT2D eigenvalue weighted by molar-refractivity contribution is -0.188. The molecule has 2 saturated carbocycles. The van der Waals surface area contributed by atoms with E-state index in [0.29, 0.717) is 12.8 Å². The van der Waals surface area contributed by atoms with E-state index in [-0.39, 0.29) is 11.8 Å². The SMILES string of the molecule is COc1cccc(-c2ccc3c4c2O[C@H]2C(=O)CC[C@@]5(O)[C@@H](C3)N(CC3CC3)CC[C@]425)c1. The number of carbonyl (C=O) groups excluding carboxylic acids is 1. The summed E-state index contributed by atoms with van der Waals surface area (Å²) in [5.74, 6) is 2.52. The molecule has 0 aromatic heterocycles. The van der Waals surface area contributed by atoms with Crippen LogP contribution in [-0.2, 0) is 16.6 Å². The van der Waals surface area contributed by atoms with E-state index in [9.17, 15) is 9.90 Å². The molecule has 2 aromatic carbocycles. The number of nitrogens with zero attached hydrogens (tertiary/aromatic N) is 1.